The first-order chi connectivity index (χ1) is 11.7. The molecule has 0 unspecified atom stereocenters. The second-order valence-corrected chi connectivity index (χ2v) is 5.26. The van der Waals surface area contributed by atoms with Gasteiger partial charge in [0.05, 0.1) is 19.2 Å². The SMILES string of the molecule is CCOC(=O)c1cc2c(OCc3ccccc3)cc(OC)cc2[nH]1. The van der Waals surface area contributed by atoms with Crippen LogP contribution in [0.3, 0.4) is 0 Å². The first-order valence-electron chi connectivity index (χ1n) is 7.76. The van der Waals surface area contributed by atoms with Gasteiger partial charge in [0.2, 0.25) is 0 Å². The quantitative estimate of drug-likeness (QED) is 0.698. The van der Waals surface area contributed by atoms with Crippen molar-refractivity contribution in [3.8, 4) is 11.5 Å². The normalized spacial score (nSPS) is 10.6. The second-order valence-electron chi connectivity index (χ2n) is 5.26. The van der Waals surface area contributed by atoms with E-state index in [0.717, 1.165) is 16.5 Å². The van der Waals surface area contributed by atoms with Crippen molar-refractivity contribution < 1.29 is 19.0 Å². The molecule has 1 aromatic heterocycles. The smallest absolute Gasteiger partial charge is 0.354 e. The van der Waals surface area contributed by atoms with Gasteiger partial charge < -0.3 is 19.2 Å². The van der Waals surface area contributed by atoms with Gasteiger partial charge in [0.15, 0.2) is 0 Å². The van der Waals surface area contributed by atoms with Crippen LogP contribution >= 0.6 is 0 Å². The van der Waals surface area contributed by atoms with Crippen molar-refractivity contribution in [1.29, 1.82) is 0 Å². The van der Waals surface area contributed by atoms with Crippen molar-refractivity contribution in [3.05, 3.63) is 59.8 Å². The molecule has 124 valence electrons. The number of rotatable bonds is 6. The maximum Gasteiger partial charge on any atom is 0.354 e. The van der Waals surface area contributed by atoms with E-state index in [-0.39, 0.29) is 5.97 Å². The molecular weight excluding hydrogens is 306 g/mol. The summed E-state index contributed by atoms with van der Waals surface area (Å²) in [7, 11) is 1.59. The third-order valence-electron chi connectivity index (χ3n) is 3.64. The summed E-state index contributed by atoms with van der Waals surface area (Å²) in [6.07, 6.45) is 0. The number of hydrogen-bond acceptors (Lipinski definition) is 4. The predicted molar refractivity (Wildman–Crippen MR) is 91.6 cm³/mol. The zero-order valence-electron chi connectivity index (χ0n) is 13.7. The van der Waals surface area contributed by atoms with Crippen LogP contribution in [0.4, 0.5) is 0 Å². The third kappa shape index (κ3) is 3.35. The molecule has 0 saturated carbocycles. The predicted octanol–water partition coefficient (Wildman–Crippen LogP) is 3.93. The van der Waals surface area contributed by atoms with Crippen LogP contribution in [0.2, 0.25) is 0 Å². The van der Waals surface area contributed by atoms with Crippen LogP contribution in [0, 0.1) is 0 Å². The van der Waals surface area contributed by atoms with Gasteiger partial charge >= 0.3 is 5.97 Å². The minimum atomic E-state index is -0.387. The average molecular weight is 325 g/mol. The van der Waals surface area contributed by atoms with Gasteiger partial charge in [-0.25, -0.2) is 4.79 Å². The van der Waals surface area contributed by atoms with E-state index in [9.17, 15) is 4.79 Å². The molecule has 24 heavy (non-hydrogen) atoms. The molecule has 0 amide bonds. The van der Waals surface area contributed by atoms with Gasteiger partial charge in [0.25, 0.3) is 0 Å². The van der Waals surface area contributed by atoms with E-state index in [0.29, 0.717) is 30.4 Å². The van der Waals surface area contributed by atoms with E-state index in [2.05, 4.69) is 4.98 Å². The number of carbonyl (C=O) groups is 1. The summed E-state index contributed by atoms with van der Waals surface area (Å²) in [6.45, 7) is 2.54. The number of methoxy groups -OCH3 is 1. The molecule has 0 atom stereocenters. The zero-order chi connectivity index (χ0) is 16.9. The van der Waals surface area contributed by atoms with E-state index in [1.165, 1.54) is 0 Å². The Labute approximate surface area is 140 Å². The number of aromatic amines is 1. The molecule has 3 aromatic rings. The Morgan fingerprint density at radius 2 is 1.92 bits per heavy atom. The lowest BCUT2D eigenvalue weighted by molar-refractivity contribution is 0.0520. The first-order valence-corrected chi connectivity index (χ1v) is 7.76. The fraction of sp³-hybridized carbons (Fsp3) is 0.211. The number of carbonyl (C=O) groups excluding carboxylic acids is 1. The Morgan fingerprint density at radius 1 is 1.12 bits per heavy atom. The Bertz CT molecular complexity index is 839. The molecular formula is C19H19NO4. The summed E-state index contributed by atoms with van der Waals surface area (Å²) in [5.41, 5.74) is 2.22. The van der Waals surface area contributed by atoms with Crippen LogP contribution < -0.4 is 9.47 Å². The highest BCUT2D eigenvalue weighted by atomic mass is 16.5. The van der Waals surface area contributed by atoms with Gasteiger partial charge in [-0.1, -0.05) is 30.3 Å². The number of hydrogen-bond donors (Lipinski definition) is 1. The van der Waals surface area contributed by atoms with Gasteiger partial charge in [-0.15, -0.1) is 0 Å². The summed E-state index contributed by atoms with van der Waals surface area (Å²) in [4.78, 5) is 15.0. The number of esters is 1. The Morgan fingerprint density at radius 3 is 2.62 bits per heavy atom. The van der Waals surface area contributed by atoms with Crippen LogP contribution in [0.1, 0.15) is 23.0 Å². The van der Waals surface area contributed by atoms with Crippen molar-refractivity contribution in [2.45, 2.75) is 13.5 Å². The van der Waals surface area contributed by atoms with Crippen LogP contribution in [0.25, 0.3) is 10.9 Å². The molecule has 0 aliphatic heterocycles. The average Bonchev–Trinajstić information content (AvgIpc) is 3.05. The molecule has 1 heterocycles. The number of ether oxygens (including phenoxy) is 3. The van der Waals surface area contributed by atoms with Gasteiger partial charge in [-0.05, 0) is 18.6 Å². The first kappa shape index (κ1) is 15.9. The lowest BCUT2D eigenvalue weighted by Gasteiger charge is -2.09. The highest BCUT2D eigenvalue weighted by Gasteiger charge is 2.15. The second kappa shape index (κ2) is 7.08. The monoisotopic (exact) mass is 325 g/mol. The summed E-state index contributed by atoms with van der Waals surface area (Å²) < 4.78 is 16.3. The van der Waals surface area contributed by atoms with Crippen molar-refractivity contribution in [2.75, 3.05) is 13.7 Å². The van der Waals surface area contributed by atoms with E-state index < -0.39 is 0 Å². The molecule has 2 aromatic carbocycles. The van der Waals surface area contributed by atoms with Crippen molar-refractivity contribution in [1.82, 2.24) is 4.98 Å². The molecule has 0 bridgehead atoms. The topological polar surface area (TPSA) is 60.6 Å². The molecule has 5 nitrogen and oxygen atoms in total. The maximum atomic E-state index is 11.9. The number of H-pyrrole nitrogens is 1. The van der Waals surface area contributed by atoms with Crippen LogP contribution in [0.15, 0.2) is 48.5 Å². The number of fused-ring (bicyclic) bond motifs is 1. The molecule has 0 aliphatic carbocycles. The minimum Gasteiger partial charge on any atom is -0.497 e. The largest absolute Gasteiger partial charge is 0.497 e. The fourth-order valence-electron chi connectivity index (χ4n) is 2.47. The standard InChI is InChI=1S/C19H19NO4/c1-3-23-19(21)17-11-15-16(20-17)9-14(22-2)10-18(15)24-12-13-7-5-4-6-8-13/h4-11,20H,3,12H2,1-2H3. The third-order valence-corrected chi connectivity index (χ3v) is 3.64. The van der Waals surface area contributed by atoms with E-state index >= 15 is 0 Å². The lowest BCUT2D eigenvalue weighted by Crippen LogP contribution is -2.04. The minimum absolute atomic E-state index is 0.328. The Hall–Kier alpha value is -2.95. The van der Waals surface area contributed by atoms with Crippen molar-refractivity contribution >= 4 is 16.9 Å². The lowest BCUT2D eigenvalue weighted by atomic mass is 10.2. The summed E-state index contributed by atoms with van der Waals surface area (Å²) in [5, 5.41) is 0.815. The van der Waals surface area contributed by atoms with Crippen LogP contribution in [-0.4, -0.2) is 24.7 Å². The fourth-order valence-corrected chi connectivity index (χ4v) is 2.47. The molecule has 5 heteroatoms. The summed E-state index contributed by atoms with van der Waals surface area (Å²) >= 11 is 0. The zero-order valence-corrected chi connectivity index (χ0v) is 13.7. The summed E-state index contributed by atoms with van der Waals surface area (Å²) in [6, 6.07) is 15.3. The Balaban J connectivity index is 1.94. The molecule has 3 rings (SSSR count). The maximum absolute atomic E-state index is 11.9. The van der Waals surface area contributed by atoms with Crippen molar-refractivity contribution in [3.63, 3.8) is 0 Å². The van der Waals surface area contributed by atoms with Gasteiger partial charge in [0, 0.05) is 17.5 Å². The number of nitrogens with one attached hydrogen (secondary N) is 1. The van der Waals surface area contributed by atoms with E-state index in [1.807, 2.05) is 42.5 Å². The van der Waals surface area contributed by atoms with Gasteiger partial charge in [-0.3, -0.25) is 0 Å². The molecule has 0 aliphatic rings. The molecule has 0 radical (unpaired) electrons. The highest BCUT2D eigenvalue weighted by molar-refractivity contribution is 5.97. The van der Waals surface area contributed by atoms with Crippen LogP contribution in [0.5, 0.6) is 11.5 Å². The van der Waals surface area contributed by atoms with Crippen molar-refractivity contribution in [2.24, 2.45) is 0 Å². The molecule has 0 saturated heterocycles. The summed E-state index contributed by atoms with van der Waals surface area (Å²) in [5.74, 6) is 0.921. The molecule has 0 fully saturated rings. The van der Waals surface area contributed by atoms with Gasteiger partial charge in [-0.2, -0.15) is 0 Å². The van der Waals surface area contributed by atoms with Crippen LogP contribution in [-0.2, 0) is 11.3 Å². The van der Waals surface area contributed by atoms with E-state index in [4.69, 9.17) is 14.2 Å². The molecule has 0 spiro atoms. The number of aromatic nitrogens is 1. The highest BCUT2D eigenvalue weighted by Crippen LogP contribution is 2.32. The number of benzene rings is 2. The Kier molecular flexibility index (Phi) is 4.70. The van der Waals surface area contributed by atoms with E-state index in [1.54, 1.807) is 20.1 Å². The molecule has 1 N–H and O–H groups in total. The van der Waals surface area contributed by atoms with Gasteiger partial charge in [0.1, 0.15) is 23.8 Å².